The molecule has 0 radical (unpaired) electrons. The van der Waals surface area contributed by atoms with Crippen molar-refractivity contribution in [1.29, 1.82) is 0 Å². The molecule has 0 saturated carbocycles. The van der Waals surface area contributed by atoms with Crippen molar-refractivity contribution in [3.05, 3.63) is 65.2 Å². The summed E-state index contributed by atoms with van der Waals surface area (Å²) in [6.45, 7) is 0.789. The summed E-state index contributed by atoms with van der Waals surface area (Å²) in [4.78, 5) is 17.0. The van der Waals surface area contributed by atoms with Crippen LogP contribution in [0.25, 0.3) is 16.9 Å². The van der Waals surface area contributed by atoms with Gasteiger partial charge in [-0.3, -0.25) is 9.48 Å². The molecule has 0 fully saturated rings. The van der Waals surface area contributed by atoms with E-state index in [1.807, 2.05) is 0 Å². The van der Waals surface area contributed by atoms with Crippen molar-refractivity contribution in [2.24, 2.45) is 0 Å². The average Bonchev–Trinajstić information content (AvgIpc) is 3.41. The molecule has 12 heteroatoms. The fourth-order valence-electron chi connectivity index (χ4n) is 3.23. The summed E-state index contributed by atoms with van der Waals surface area (Å²) in [7, 11) is 1.49. The Labute approximate surface area is 190 Å². The van der Waals surface area contributed by atoms with Crippen LogP contribution in [-0.2, 0) is 12.7 Å². The molecule has 3 heterocycles. The Hall–Kier alpha value is -3.60. The van der Waals surface area contributed by atoms with Crippen LogP contribution < -0.4 is 10.1 Å². The Morgan fingerprint density at radius 2 is 1.94 bits per heavy atom. The molecule has 33 heavy (non-hydrogen) atoms. The number of aryl methyl sites for hydroxylation is 1. The number of nitrogens with zero attached hydrogens (tertiary/aromatic N) is 5. The summed E-state index contributed by atoms with van der Waals surface area (Å²) in [6, 6.07) is 7.32. The number of aromatic nitrogens is 5. The second kappa shape index (κ2) is 9.10. The number of amides is 1. The van der Waals surface area contributed by atoms with Crippen LogP contribution in [0.3, 0.4) is 0 Å². The van der Waals surface area contributed by atoms with Crippen molar-refractivity contribution < 1.29 is 22.7 Å². The zero-order valence-electron chi connectivity index (χ0n) is 17.3. The number of carbonyl (C=O) groups excluding carboxylic acids is 1. The number of alkyl halides is 3. The van der Waals surface area contributed by atoms with Gasteiger partial charge in [-0.1, -0.05) is 11.6 Å². The van der Waals surface area contributed by atoms with Crippen molar-refractivity contribution in [2.75, 3.05) is 13.7 Å². The highest BCUT2D eigenvalue weighted by molar-refractivity contribution is 6.30. The number of nitrogens with one attached hydrogen (secondary N) is 1. The third-order valence-electron chi connectivity index (χ3n) is 4.84. The minimum absolute atomic E-state index is 0.0574. The van der Waals surface area contributed by atoms with Crippen LogP contribution in [0.2, 0.25) is 5.02 Å². The van der Waals surface area contributed by atoms with E-state index in [1.165, 1.54) is 13.3 Å². The summed E-state index contributed by atoms with van der Waals surface area (Å²) in [5.41, 5.74) is -0.783. The molecule has 8 nitrogen and oxygen atoms in total. The van der Waals surface area contributed by atoms with Gasteiger partial charge in [-0.25, -0.2) is 9.50 Å². The van der Waals surface area contributed by atoms with Crippen LogP contribution in [0.15, 0.2) is 48.9 Å². The minimum atomic E-state index is -4.70. The minimum Gasteiger partial charge on any atom is -0.497 e. The number of hydrogen-bond acceptors (Lipinski definition) is 5. The van der Waals surface area contributed by atoms with Gasteiger partial charge in [0.1, 0.15) is 11.3 Å². The maximum atomic E-state index is 13.7. The quantitative estimate of drug-likeness (QED) is 0.404. The van der Waals surface area contributed by atoms with Crippen LogP contribution in [0, 0.1) is 0 Å². The van der Waals surface area contributed by atoms with Gasteiger partial charge < -0.3 is 10.1 Å². The second-order valence-corrected chi connectivity index (χ2v) is 7.51. The van der Waals surface area contributed by atoms with Gasteiger partial charge in [-0.05, 0) is 36.8 Å². The lowest BCUT2D eigenvalue weighted by Gasteiger charge is -2.12. The summed E-state index contributed by atoms with van der Waals surface area (Å²) in [5.74, 6) is -0.0197. The highest BCUT2D eigenvalue weighted by atomic mass is 35.5. The lowest BCUT2D eigenvalue weighted by atomic mass is 10.1. The predicted molar refractivity (Wildman–Crippen MR) is 114 cm³/mol. The summed E-state index contributed by atoms with van der Waals surface area (Å²) < 4.78 is 48.5. The maximum absolute atomic E-state index is 13.7. The van der Waals surface area contributed by atoms with Gasteiger partial charge in [0.25, 0.3) is 5.91 Å². The molecular formula is C21H18ClF3N6O2. The molecule has 172 valence electrons. The van der Waals surface area contributed by atoms with Crippen molar-refractivity contribution in [2.45, 2.75) is 19.1 Å². The molecule has 0 aliphatic heterocycles. The molecule has 3 aromatic heterocycles. The smallest absolute Gasteiger partial charge is 0.433 e. The van der Waals surface area contributed by atoms with Gasteiger partial charge in [-0.15, -0.1) is 0 Å². The number of carbonyl (C=O) groups is 1. The molecule has 0 aliphatic rings. The molecule has 0 spiro atoms. The SMILES string of the molecule is COc1ccc(-c2cc(C(F)(F)F)n3ncc(C(=O)NCCCn4cc(Cl)cn4)c3n2)cc1. The Morgan fingerprint density at radius 3 is 2.58 bits per heavy atom. The molecule has 4 rings (SSSR count). The van der Waals surface area contributed by atoms with Crippen LogP contribution in [0.4, 0.5) is 13.2 Å². The molecule has 4 aromatic rings. The van der Waals surface area contributed by atoms with E-state index in [1.54, 1.807) is 35.1 Å². The molecule has 1 aromatic carbocycles. The van der Waals surface area contributed by atoms with E-state index >= 15 is 0 Å². The van der Waals surface area contributed by atoms with E-state index in [0.717, 1.165) is 12.3 Å². The van der Waals surface area contributed by atoms with Crippen molar-refractivity contribution in [1.82, 2.24) is 29.7 Å². The first-order valence-electron chi connectivity index (χ1n) is 9.83. The monoisotopic (exact) mass is 478 g/mol. The summed E-state index contributed by atoms with van der Waals surface area (Å²) in [5, 5.41) is 11.0. The van der Waals surface area contributed by atoms with Gasteiger partial charge in [0, 0.05) is 24.8 Å². The number of methoxy groups -OCH3 is 1. The molecule has 0 saturated heterocycles. The van der Waals surface area contributed by atoms with E-state index in [2.05, 4.69) is 20.5 Å². The van der Waals surface area contributed by atoms with E-state index in [0.29, 0.717) is 33.8 Å². The van der Waals surface area contributed by atoms with Gasteiger partial charge in [0.05, 0.1) is 30.2 Å². The lowest BCUT2D eigenvalue weighted by molar-refractivity contribution is -0.142. The highest BCUT2D eigenvalue weighted by Crippen LogP contribution is 2.33. The molecule has 0 aliphatic carbocycles. The number of hydrogen-bond donors (Lipinski definition) is 1. The number of halogens is 4. The van der Waals surface area contributed by atoms with E-state index in [9.17, 15) is 18.0 Å². The maximum Gasteiger partial charge on any atom is 0.433 e. The zero-order valence-corrected chi connectivity index (χ0v) is 18.1. The number of ether oxygens (including phenoxy) is 1. The van der Waals surface area contributed by atoms with Crippen molar-refractivity contribution >= 4 is 23.2 Å². The number of rotatable bonds is 7. The molecule has 1 N–H and O–H groups in total. The first-order chi connectivity index (χ1) is 15.8. The molecule has 0 unspecified atom stereocenters. The Bertz CT molecular complexity index is 1280. The Balaban J connectivity index is 1.60. The molecule has 0 atom stereocenters. The van der Waals surface area contributed by atoms with Crippen LogP contribution >= 0.6 is 11.6 Å². The largest absolute Gasteiger partial charge is 0.497 e. The zero-order chi connectivity index (χ0) is 23.6. The average molecular weight is 479 g/mol. The number of benzene rings is 1. The fraction of sp³-hybridized carbons (Fsp3) is 0.238. The van der Waals surface area contributed by atoms with Crippen LogP contribution in [-0.4, -0.2) is 43.9 Å². The summed E-state index contributed by atoms with van der Waals surface area (Å²) in [6.07, 6.45) is 0.0772. The van der Waals surface area contributed by atoms with Gasteiger partial charge in [0.15, 0.2) is 11.3 Å². The number of fused-ring (bicyclic) bond motifs is 1. The van der Waals surface area contributed by atoms with E-state index < -0.39 is 17.8 Å². The third-order valence-corrected chi connectivity index (χ3v) is 5.04. The summed E-state index contributed by atoms with van der Waals surface area (Å²) >= 11 is 5.81. The van der Waals surface area contributed by atoms with Crippen molar-refractivity contribution in [3.8, 4) is 17.0 Å². The first kappa shape index (κ1) is 22.6. The first-order valence-corrected chi connectivity index (χ1v) is 10.2. The van der Waals surface area contributed by atoms with Gasteiger partial charge >= 0.3 is 6.18 Å². The van der Waals surface area contributed by atoms with E-state index in [-0.39, 0.29) is 23.4 Å². The molecule has 1 amide bonds. The van der Waals surface area contributed by atoms with E-state index in [4.69, 9.17) is 16.3 Å². The Morgan fingerprint density at radius 1 is 1.18 bits per heavy atom. The predicted octanol–water partition coefficient (Wildman–Crippen LogP) is 4.09. The van der Waals surface area contributed by atoms with Crippen molar-refractivity contribution in [3.63, 3.8) is 0 Å². The normalized spacial score (nSPS) is 11.7. The van der Waals surface area contributed by atoms with Crippen LogP contribution in [0.5, 0.6) is 5.75 Å². The third kappa shape index (κ3) is 4.92. The highest BCUT2D eigenvalue weighted by Gasteiger charge is 2.36. The standard InChI is InChI=1S/C21H18ClF3N6O2/c1-33-15-5-3-13(4-6-15)17-9-18(21(23,24)25)31-19(29-17)16(11-28-31)20(32)26-7-2-8-30-12-14(22)10-27-30/h3-6,9-12H,2,7-8H2,1H3,(H,26,32). The lowest BCUT2D eigenvalue weighted by Crippen LogP contribution is -2.25. The fourth-order valence-corrected chi connectivity index (χ4v) is 3.39. The van der Waals surface area contributed by atoms with Gasteiger partial charge in [-0.2, -0.15) is 23.4 Å². The second-order valence-electron chi connectivity index (χ2n) is 7.08. The Kier molecular flexibility index (Phi) is 6.23. The molecule has 0 bridgehead atoms. The topological polar surface area (TPSA) is 86.3 Å². The van der Waals surface area contributed by atoms with Crippen LogP contribution in [0.1, 0.15) is 22.5 Å². The molecular weight excluding hydrogens is 461 g/mol. The van der Waals surface area contributed by atoms with Gasteiger partial charge in [0.2, 0.25) is 0 Å².